The second-order valence-corrected chi connectivity index (χ2v) is 3.38. The van der Waals surface area contributed by atoms with Crippen LogP contribution < -0.4 is 4.74 Å². The maximum atomic E-state index is 9.23. The molecule has 0 fully saturated rings. The summed E-state index contributed by atoms with van der Waals surface area (Å²) in [6.07, 6.45) is -0.609. The topological polar surface area (TPSA) is 29.5 Å². The summed E-state index contributed by atoms with van der Waals surface area (Å²) >= 11 is 0. The van der Waals surface area contributed by atoms with Crippen LogP contribution in [-0.2, 0) is 0 Å². The molecule has 2 nitrogen and oxygen atoms in total. The average molecular weight is 180 g/mol. The van der Waals surface area contributed by atoms with Crippen molar-refractivity contribution in [1.82, 2.24) is 0 Å². The van der Waals surface area contributed by atoms with E-state index in [1.807, 2.05) is 38.1 Å². The minimum Gasteiger partial charge on any atom is -0.488 e. The van der Waals surface area contributed by atoms with Gasteiger partial charge in [0.05, 0.1) is 6.10 Å². The lowest BCUT2D eigenvalue weighted by atomic mass is 10.2. The van der Waals surface area contributed by atoms with Gasteiger partial charge in [0.15, 0.2) is 0 Å². The Labute approximate surface area is 79.2 Å². The normalized spacial score (nSPS) is 15.1. The minimum absolute atomic E-state index is 0.165. The van der Waals surface area contributed by atoms with Crippen molar-refractivity contribution < 1.29 is 9.84 Å². The minimum atomic E-state index is -0.444. The van der Waals surface area contributed by atoms with E-state index >= 15 is 0 Å². The molecule has 1 unspecified atom stereocenters. The molecule has 2 heteroatoms. The third kappa shape index (κ3) is 3.07. The van der Waals surface area contributed by atoms with Crippen molar-refractivity contribution in [3.63, 3.8) is 0 Å². The van der Waals surface area contributed by atoms with Crippen molar-refractivity contribution in [3.05, 3.63) is 29.8 Å². The standard InChI is InChI=1S/C11H16O2/c1-8-5-4-6-11(7-8)13-10(3)9(2)12/h4-7,9-10,12H,1-3H3/t9-,10?/m1/s1. The number of aliphatic hydroxyl groups excluding tert-OH is 1. The Bertz CT molecular complexity index is 269. The number of aryl methyl sites for hydroxylation is 1. The highest BCUT2D eigenvalue weighted by atomic mass is 16.5. The van der Waals surface area contributed by atoms with Crippen LogP contribution in [0.25, 0.3) is 0 Å². The Balaban J connectivity index is 2.64. The molecule has 0 bridgehead atoms. The van der Waals surface area contributed by atoms with Crippen LogP contribution in [0.5, 0.6) is 5.75 Å². The Hall–Kier alpha value is -1.02. The van der Waals surface area contributed by atoms with E-state index in [0.29, 0.717) is 0 Å². The summed E-state index contributed by atoms with van der Waals surface area (Å²) < 4.78 is 5.51. The molecule has 0 aliphatic heterocycles. The molecule has 0 amide bonds. The predicted molar refractivity (Wildman–Crippen MR) is 52.9 cm³/mol. The first-order chi connectivity index (χ1) is 6.09. The lowest BCUT2D eigenvalue weighted by Gasteiger charge is -2.17. The number of rotatable bonds is 3. The zero-order valence-corrected chi connectivity index (χ0v) is 8.32. The first-order valence-electron chi connectivity index (χ1n) is 4.51. The molecule has 0 heterocycles. The zero-order valence-electron chi connectivity index (χ0n) is 8.32. The van der Waals surface area contributed by atoms with Crippen LogP contribution in [0.3, 0.4) is 0 Å². The summed E-state index contributed by atoms with van der Waals surface area (Å²) in [5.41, 5.74) is 1.16. The second-order valence-electron chi connectivity index (χ2n) is 3.38. The van der Waals surface area contributed by atoms with E-state index in [-0.39, 0.29) is 6.10 Å². The molecule has 0 aromatic heterocycles. The molecule has 1 N–H and O–H groups in total. The number of hydrogen-bond donors (Lipinski definition) is 1. The highest BCUT2D eigenvalue weighted by Crippen LogP contribution is 2.14. The lowest BCUT2D eigenvalue weighted by molar-refractivity contribution is 0.0604. The van der Waals surface area contributed by atoms with Crippen LogP contribution in [0.15, 0.2) is 24.3 Å². The van der Waals surface area contributed by atoms with E-state index in [1.165, 1.54) is 0 Å². The van der Waals surface area contributed by atoms with Crippen LogP contribution in [0.1, 0.15) is 19.4 Å². The summed E-state index contributed by atoms with van der Waals surface area (Å²) in [6.45, 7) is 5.59. The molecule has 0 aliphatic carbocycles. The van der Waals surface area contributed by atoms with Crippen molar-refractivity contribution >= 4 is 0 Å². The van der Waals surface area contributed by atoms with Gasteiger partial charge in [0.25, 0.3) is 0 Å². The van der Waals surface area contributed by atoms with Gasteiger partial charge in [0.2, 0.25) is 0 Å². The highest BCUT2D eigenvalue weighted by molar-refractivity contribution is 5.27. The van der Waals surface area contributed by atoms with Crippen molar-refractivity contribution in [2.24, 2.45) is 0 Å². The molecule has 0 spiro atoms. The Morgan fingerprint density at radius 3 is 2.54 bits per heavy atom. The van der Waals surface area contributed by atoms with Crippen molar-refractivity contribution in [3.8, 4) is 5.75 Å². The fourth-order valence-electron chi connectivity index (χ4n) is 1.00. The number of aliphatic hydroxyl groups is 1. The summed E-state index contributed by atoms with van der Waals surface area (Å²) in [5, 5.41) is 9.23. The van der Waals surface area contributed by atoms with Crippen LogP contribution >= 0.6 is 0 Å². The molecule has 1 aromatic carbocycles. The second kappa shape index (κ2) is 4.28. The van der Waals surface area contributed by atoms with E-state index in [2.05, 4.69) is 0 Å². The highest BCUT2D eigenvalue weighted by Gasteiger charge is 2.09. The third-order valence-electron chi connectivity index (χ3n) is 1.99. The Morgan fingerprint density at radius 2 is 2.00 bits per heavy atom. The fourth-order valence-corrected chi connectivity index (χ4v) is 1.00. The maximum Gasteiger partial charge on any atom is 0.121 e. The van der Waals surface area contributed by atoms with Crippen molar-refractivity contribution in [1.29, 1.82) is 0 Å². The van der Waals surface area contributed by atoms with E-state index in [9.17, 15) is 5.11 Å². The van der Waals surface area contributed by atoms with E-state index in [0.717, 1.165) is 11.3 Å². The van der Waals surface area contributed by atoms with Crippen LogP contribution in [0, 0.1) is 6.92 Å². The molecule has 1 rings (SSSR count). The first-order valence-corrected chi connectivity index (χ1v) is 4.51. The molecular formula is C11H16O2. The van der Waals surface area contributed by atoms with E-state index in [1.54, 1.807) is 6.92 Å². The zero-order chi connectivity index (χ0) is 9.84. The van der Waals surface area contributed by atoms with Gasteiger partial charge in [-0.25, -0.2) is 0 Å². The fraction of sp³-hybridized carbons (Fsp3) is 0.455. The smallest absolute Gasteiger partial charge is 0.121 e. The van der Waals surface area contributed by atoms with Gasteiger partial charge in [-0.1, -0.05) is 12.1 Å². The van der Waals surface area contributed by atoms with Gasteiger partial charge < -0.3 is 9.84 Å². The maximum absolute atomic E-state index is 9.23. The van der Waals surface area contributed by atoms with Gasteiger partial charge in [-0.15, -0.1) is 0 Å². The Kier molecular flexibility index (Phi) is 3.32. The summed E-state index contributed by atoms with van der Waals surface area (Å²) in [5.74, 6) is 0.813. The summed E-state index contributed by atoms with van der Waals surface area (Å²) in [6, 6.07) is 7.81. The molecular weight excluding hydrogens is 164 g/mol. The van der Waals surface area contributed by atoms with Gasteiger partial charge in [0, 0.05) is 0 Å². The largest absolute Gasteiger partial charge is 0.488 e. The van der Waals surface area contributed by atoms with Gasteiger partial charge >= 0.3 is 0 Å². The van der Waals surface area contributed by atoms with Crippen LogP contribution in [0.2, 0.25) is 0 Å². The summed E-state index contributed by atoms with van der Waals surface area (Å²) in [4.78, 5) is 0. The van der Waals surface area contributed by atoms with Gasteiger partial charge in [0.1, 0.15) is 11.9 Å². The Morgan fingerprint density at radius 1 is 1.31 bits per heavy atom. The van der Waals surface area contributed by atoms with Crippen LogP contribution in [-0.4, -0.2) is 17.3 Å². The number of hydrogen-bond acceptors (Lipinski definition) is 2. The van der Waals surface area contributed by atoms with Crippen molar-refractivity contribution in [2.75, 3.05) is 0 Å². The molecule has 0 aliphatic rings. The van der Waals surface area contributed by atoms with Gasteiger partial charge in [-0.3, -0.25) is 0 Å². The molecule has 0 radical (unpaired) electrons. The lowest BCUT2D eigenvalue weighted by Crippen LogP contribution is -2.25. The first kappa shape index (κ1) is 10.1. The quantitative estimate of drug-likeness (QED) is 0.772. The van der Waals surface area contributed by atoms with Gasteiger partial charge in [-0.05, 0) is 38.5 Å². The molecule has 72 valence electrons. The number of benzene rings is 1. The SMILES string of the molecule is Cc1cccc(OC(C)[C@@H](C)O)c1. The summed E-state index contributed by atoms with van der Waals surface area (Å²) in [7, 11) is 0. The van der Waals surface area contributed by atoms with Gasteiger partial charge in [-0.2, -0.15) is 0 Å². The van der Waals surface area contributed by atoms with Crippen LogP contribution in [0.4, 0.5) is 0 Å². The molecule has 1 aromatic rings. The predicted octanol–water partition coefficient (Wildman–Crippen LogP) is 2.14. The monoisotopic (exact) mass is 180 g/mol. The number of ether oxygens (including phenoxy) is 1. The molecule has 2 atom stereocenters. The molecule has 0 saturated carbocycles. The molecule has 0 saturated heterocycles. The third-order valence-corrected chi connectivity index (χ3v) is 1.99. The van der Waals surface area contributed by atoms with E-state index in [4.69, 9.17) is 4.74 Å². The molecule has 13 heavy (non-hydrogen) atoms. The average Bonchev–Trinajstić information content (AvgIpc) is 2.04. The van der Waals surface area contributed by atoms with E-state index < -0.39 is 6.10 Å². The van der Waals surface area contributed by atoms with Crippen molar-refractivity contribution in [2.45, 2.75) is 33.0 Å².